The molecule has 0 spiro atoms. The molecule has 2 aromatic rings. The number of carbonyl (C=O) groups excluding carboxylic acids is 1. The average molecular weight is 427 g/mol. The number of amides is 1. The highest BCUT2D eigenvalue weighted by Gasteiger charge is 2.30. The molecule has 1 aliphatic rings. The first-order chi connectivity index (χ1) is 12.8. The van der Waals surface area contributed by atoms with Crippen LogP contribution in [-0.2, 0) is 16.6 Å². The second-order valence-corrected chi connectivity index (χ2v) is 9.23. The first-order valence-corrected chi connectivity index (χ1v) is 10.8. The summed E-state index contributed by atoms with van der Waals surface area (Å²) in [4.78, 5) is 14.3. The molecule has 8 heteroatoms. The van der Waals surface area contributed by atoms with E-state index in [1.165, 1.54) is 27.4 Å². The van der Waals surface area contributed by atoms with Gasteiger partial charge in [-0.25, -0.2) is 8.42 Å². The largest absolute Gasteiger partial charge is 0.337 e. The normalized spacial score (nSPS) is 15.1. The third-order valence-corrected chi connectivity index (χ3v) is 7.32. The van der Waals surface area contributed by atoms with Crippen LogP contribution in [0.15, 0.2) is 47.4 Å². The number of rotatable bonds is 5. The predicted molar refractivity (Wildman–Crippen MR) is 107 cm³/mol. The molecular formula is C19H20Cl2N2O3S. The average Bonchev–Trinajstić information content (AvgIpc) is 3.19. The molecule has 5 nitrogen and oxygen atoms in total. The summed E-state index contributed by atoms with van der Waals surface area (Å²) in [6.45, 7) is 1.27. The molecule has 0 saturated carbocycles. The molecule has 3 rings (SSSR count). The summed E-state index contributed by atoms with van der Waals surface area (Å²) in [7, 11) is -2.06. The van der Waals surface area contributed by atoms with Gasteiger partial charge in [0.2, 0.25) is 10.0 Å². The zero-order chi connectivity index (χ0) is 19.6. The number of nitrogens with zero attached hydrogens (tertiary/aromatic N) is 2. The molecule has 0 N–H and O–H groups in total. The van der Waals surface area contributed by atoms with Crippen molar-refractivity contribution in [3.8, 4) is 0 Å². The number of benzene rings is 2. The quantitative estimate of drug-likeness (QED) is 0.724. The summed E-state index contributed by atoms with van der Waals surface area (Å²) in [6.07, 6.45) is 1.66. The van der Waals surface area contributed by atoms with Crippen LogP contribution < -0.4 is 0 Å². The van der Waals surface area contributed by atoms with Crippen molar-refractivity contribution in [1.29, 1.82) is 0 Å². The molecule has 0 bridgehead atoms. The van der Waals surface area contributed by atoms with Crippen LogP contribution in [-0.4, -0.2) is 43.7 Å². The molecule has 0 atom stereocenters. The van der Waals surface area contributed by atoms with Crippen molar-refractivity contribution in [3.05, 3.63) is 63.6 Å². The topological polar surface area (TPSA) is 57.7 Å². The van der Waals surface area contributed by atoms with Crippen molar-refractivity contribution in [1.82, 2.24) is 9.21 Å². The number of hydrogen-bond acceptors (Lipinski definition) is 3. The minimum absolute atomic E-state index is 0.0249. The first kappa shape index (κ1) is 20.1. The molecule has 1 fully saturated rings. The Labute approximate surface area is 169 Å². The lowest BCUT2D eigenvalue weighted by molar-refractivity contribution is 0.0785. The standard InChI is InChI=1S/C19H20Cl2N2O3S/c1-22(13-15-6-2-3-7-16(15)20)19(24)14-8-9-17(21)18(12-14)27(25,26)23-10-4-5-11-23/h2-3,6-9,12H,4-5,10-11,13H2,1H3. The number of hydrogen-bond donors (Lipinski definition) is 0. The van der Waals surface area contributed by atoms with Crippen LogP contribution >= 0.6 is 23.2 Å². The number of halogens is 2. The lowest BCUT2D eigenvalue weighted by atomic mass is 10.1. The third kappa shape index (κ3) is 4.29. The lowest BCUT2D eigenvalue weighted by Crippen LogP contribution is -2.29. The Kier molecular flexibility index (Phi) is 6.11. The van der Waals surface area contributed by atoms with Gasteiger partial charge in [-0.1, -0.05) is 41.4 Å². The molecular weight excluding hydrogens is 407 g/mol. The Morgan fingerprint density at radius 1 is 1.07 bits per heavy atom. The van der Waals surface area contributed by atoms with E-state index in [-0.39, 0.29) is 21.4 Å². The van der Waals surface area contributed by atoms with Crippen LogP contribution in [0.1, 0.15) is 28.8 Å². The maximum atomic E-state index is 12.8. The van der Waals surface area contributed by atoms with Crippen molar-refractivity contribution in [3.63, 3.8) is 0 Å². The van der Waals surface area contributed by atoms with E-state index in [0.29, 0.717) is 24.7 Å². The summed E-state index contributed by atoms with van der Waals surface area (Å²) in [6, 6.07) is 11.6. The molecule has 0 radical (unpaired) electrons. The molecule has 1 saturated heterocycles. The molecule has 144 valence electrons. The molecule has 2 aromatic carbocycles. The molecule has 0 unspecified atom stereocenters. The van der Waals surface area contributed by atoms with E-state index in [0.717, 1.165) is 18.4 Å². The van der Waals surface area contributed by atoms with Crippen LogP contribution in [0.25, 0.3) is 0 Å². The fourth-order valence-electron chi connectivity index (χ4n) is 3.08. The van der Waals surface area contributed by atoms with Gasteiger partial charge in [0.15, 0.2) is 0 Å². The predicted octanol–water partition coefficient (Wildman–Crippen LogP) is 4.05. The molecule has 1 heterocycles. The van der Waals surface area contributed by atoms with Gasteiger partial charge < -0.3 is 4.90 Å². The van der Waals surface area contributed by atoms with Gasteiger partial charge in [-0.2, -0.15) is 4.31 Å². The van der Waals surface area contributed by atoms with E-state index >= 15 is 0 Å². The van der Waals surface area contributed by atoms with Crippen molar-refractivity contribution in [2.45, 2.75) is 24.3 Å². The van der Waals surface area contributed by atoms with E-state index in [4.69, 9.17) is 23.2 Å². The monoisotopic (exact) mass is 426 g/mol. The summed E-state index contributed by atoms with van der Waals surface area (Å²) < 4.78 is 27.1. The summed E-state index contributed by atoms with van der Waals surface area (Å²) >= 11 is 12.3. The maximum Gasteiger partial charge on any atom is 0.253 e. The van der Waals surface area contributed by atoms with Crippen LogP contribution in [0.2, 0.25) is 10.0 Å². The fraction of sp³-hybridized carbons (Fsp3) is 0.316. The van der Waals surface area contributed by atoms with Gasteiger partial charge in [0, 0.05) is 37.3 Å². The van der Waals surface area contributed by atoms with E-state index < -0.39 is 10.0 Å². The fourth-order valence-corrected chi connectivity index (χ4v) is 5.29. The van der Waals surface area contributed by atoms with Crippen molar-refractivity contribution in [2.75, 3.05) is 20.1 Å². The van der Waals surface area contributed by atoms with Crippen LogP contribution in [0.5, 0.6) is 0 Å². The lowest BCUT2D eigenvalue weighted by Gasteiger charge is -2.20. The molecule has 1 aliphatic heterocycles. The second-order valence-electron chi connectivity index (χ2n) is 6.51. The second kappa shape index (κ2) is 8.19. The Morgan fingerprint density at radius 3 is 2.41 bits per heavy atom. The highest BCUT2D eigenvalue weighted by Crippen LogP contribution is 2.28. The van der Waals surface area contributed by atoms with Gasteiger partial charge in [0.1, 0.15) is 4.90 Å². The Bertz CT molecular complexity index is 957. The molecule has 0 aliphatic carbocycles. The SMILES string of the molecule is CN(Cc1ccccc1Cl)C(=O)c1ccc(Cl)c(S(=O)(=O)N2CCCC2)c1. The van der Waals surface area contributed by atoms with E-state index in [1.54, 1.807) is 13.1 Å². The highest BCUT2D eigenvalue weighted by atomic mass is 35.5. The highest BCUT2D eigenvalue weighted by molar-refractivity contribution is 7.89. The third-order valence-electron chi connectivity index (χ3n) is 4.57. The van der Waals surface area contributed by atoms with Crippen LogP contribution in [0.3, 0.4) is 0 Å². The van der Waals surface area contributed by atoms with Gasteiger partial charge >= 0.3 is 0 Å². The molecule has 27 heavy (non-hydrogen) atoms. The Morgan fingerprint density at radius 2 is 1.74 bits per heavy atom. The minimum atomic E-state index is -3.71. The van der Waals surface area contributed by atoms with E-state index in [1.807, 2.05) is 18.2 Å². The van der Waals surface area contributed by atoms with Gasteiger partial charge in [-0.05, 0) is 42.7 Å². The zero-order valence-corrected chi connectivity index (χ0v) is 17.2. The molecule has 0 aromatic heterocycles. The van der Waals surface area contributed by atoms with E-state index in [2.05, 4.69) is 0 Å². The van der Waals surface area contributed by atoms with Gasteiger partial charge in [-0.3, -0.25) is 4.79 Å². The summed E-state index contributed by atoms with van der Waals surface area (Å²) in [5, 5.41) is 0.692. The minimum Gasteiger partial charge on any atom is -0.337 e. The van der Waals surface area contributed by atoms with Crippen LogP contribution in [0.4, 0.5) is 0 Å². The van der Waals surface area contributed by atoms with Gasteiger partial charge in [0.05, 0.1) is 5.02 Å². The smallest absolute Gasteiger partial charge is 0.253 e. The van der Waals surface area contributed by atoms with Gasteiger partial charge in [-0.15, -0.1) is 0 Å². The Hall–Kier alpha value is -1.60. The van der Waals surface area contributed by atoms with Crippen LogP contribution in [0, 0.1) is 0 Å². The zero-order valence-electron chi connectivity index (χ0n) is 14.9. The number of carbonyl (C=O) groups is 1. The van der Waals surface area contributed by atoms with Crippen molar-refractivity contribution in [2.24, 2.45) is 0 Å². The van der Waals surface area contributed by atoms with E-state index in [9.17, 15) is 13.2 Å². The number of sulfonamides is 1. The molecule has 1 amide bonds. The van der Waals surface area contributed by atoms with Crippen molar-refractivity contribution < 1.29 is 13.2 Å². The first-order valence-electron chi connectivity index (χ1n) is 8.59. The van der Waals surface area contributed by atoms with Crippen molar-refractivity contribution >= 4 is 39.1 Å². The summed E-state index contributed by atoms with van der Waals surface area (Å²) in [5.74, 6) is -0.301. The Balaban J connectivity index is 1.86. The maximum absolute atomic E-state index is 12.8. The van der Waals surface area contributed by atoms with Gasteiger partial charge in [0.25, 0.3) is 5.91 Å². The summed E-state index contributed by atoms with van der Waals surface area (Å²) in [5.41, 5.74) is 1.08.